The van der Waals surface area contributed by atoms with Gasteiger partial charge in [0.15, 0.2) is 5.76 Å². The maximum Gasteiger partial charge on any atom is 0.243 e. The molecular formula is C13H17NOSi. The lowest BCUT2D eigenvalue weighted by atomic mass is 10.1. The van der Waals surface area contributed by atoms with Gasteiger partial charge >= 0.3 is 0 Å². The molecule has 84 valence electrons. The number of rotatable bonds is 4. The molecule has 0 aliphatic heterocycles. The molecule has 0 bridgehead atoms. The van der Waals surface area contributed by atoms with E-state index in [0.29, 0.717) is 5.76 Å². The van der Waals surface area contributed by atoms with Gasteiger partial charge in [-0.3, -0.25) is 0 Å². The van der Waals surface area contributed by atoms with Crippen LogP contribution in [0, 0.1) is 11.3 Å². The smallest absolute Gasteiger partial charge is 0.243 e. The highest BCUT2D eigenvalue weighted by molar-refractivity contribution is 6.70. The fourth-order valence-corrected chi connectivity index (χ4v) is 2.05. The average Bonchev–Trinajstić information content (AvgIpc) is 2.24. The summed E-state index contributed by atoms with van der Waals surface area (Å²) in [4.78, 5) is 0. The van der Waals surface area contributed by atoms with Crippen LogP contribution in [-0.4, -0.2) is 8.32 Å². The van der Waals surface area contributed by atoms with Gasteiger partial charge in [0.1, 0.15) is 6.07 Å². The summed E-state index contributed by atoms with van der Waals surface area (Å²) in [6, 6.07) is 12.2. The van der Waals surface area contributed by atoms with E-state index in [2.05, 4.69) is 25.7 Å². The van der Waals surface area contributed by atoms with Gasteiger partial charge in [0, 0.05) is 0 Å². The van der Waals surface area contributed by atoms with Gasteiger partial charge in [-0.25, -0.2) is 0 Å². The van der Waals surface area contributed by atoms with Gasteiger partial charge in [-0.05, 0) is 37.7 Å². The van der Waals surface area contributed by atoms with E-state index in [-0.39, 0.29) is 0 Å². The molecule has 0 aliphatic carbocycles. The maximum atomic E-state index is 8.95. The standard InChI is InChI=1S/C13H17NOSi/c1-16(2,3)15-13(11-14)10-9-12-7-5-4-6-8-12/h4-8,10H,9H2,1-3H3/b13-10-. The number of benzene rings is 1. The third-order valence-electron chi connectivity index (χ3n) is 1.89. The second kappa shape index (κ2) is 5.52. The number of hydrogen-bond donors (Lipinski definition) is 0. The first kappa shape index (κ1) is 12.5. The van der Waals surface area contributed by atoms with Gasteiger partial charge < -0.3 is 4.43 Å². The predicted octanol–water partition coefficient (Wildman–Crippen LogP) is 3.49. The second-order valence-corrected chi connectivity index (χ2v) is 9.01. The Morgan fingerprint density at radius 2 is 1.94 bits per heavy atom. The van der Waals surface area contributed by atoms with Crippen LogP contribution in [0.15, 0.2) is 42.2 Å². The van der Waals surface area contributed by atoms with Gasteiger partial charge in [0.2, 0.25) is 8.32 Å². The van der Waals surface area contributed by atoms with E-state index in [0.717, 1.165) is 6.42 Å². The predicted molar refractivity (Wildman–Crippen MR) is 68.3 cm³/mol. The van der Waals surface area contributed by atoms with Crippen LogP contribution in [0.2, 0.25) is 19.6 Å². The van der Waals surface area contributed by atoms with Crippen molar-refractivity contribution in [3.63, 3.8) is 0 Å². The fourth-order valence-electron chi connectivity index (χ4n) is 1.26. The van der Waals surface area contributed by atoms with Gasteiger partial charge in [-0.15, -0.1) is 0 Å². The third kappa shape index (κ3) is 4.81. The van der Waals surface area contributed by atoms with Crippen molar-refractivity contribution in [1.82, 2.24) is 0 Å². The van der Waals surface area contributed by atoms with Crippen molar-refractivity contribution in [3.8, 4) is 6.07 Å². The van der Waals surface area contributed by atoms with E-state index in [9.17, 15) is 0 Å². The molecule has 16 heavy (non-hydrogen) atoms. The number of nitriles is 1. The molecule has 0 unspecified atom stereocenters. The zero-order chi connectivity index (χ0) is 12.0. The molecule has 1 aromatic carbocycles. The zero-order valence-corrected chi connectivity index (χ0v) is 11.0. The molecule has 0 heterocycles. The molecule has 0 radical (unpaired) electrons. The highest BCUT2D eigenvalue weighted by atomic mass is 28.4. The molecule has 0 fully saturated rings. The van der Waals surface area contributed by atoms with Crippen molar-refractivity contribution >= 4 is 8.32 Å². The third-order valence-corrected chi connectivity index (χ3v) is 2.72. The molecule has 1 aromatic rings. The number of allylic oxidation sites excluding steroid dienone is 2. The summed E-state index contributed by atoms with van der Waals surface area (Å²) in [6.07, 6.45) is 2.60. The van der Waals surface area contributed by atoms with Crippen molar-refractivity contribution in [3.05, 3.63) is 47.7 Å². The Morgan fingerprint density at radius 1 is 1.31 bits per heavy atom. The number of nitrogens with zero attached hydrogens (tertiary/aromatic N) is 1. The highest BCUT2D eigenvalue weighted by Crippen LogP contribution is 2.11. The quantitative estimate of drug-likeness (QED) is 0.451. The molecule has 0 saturated carbocycles. The van der Waals surface area contributed by atoms with Crippen molar-refractivity contribution in [2.75, 3.05) is 0 Å². The van der Waals surface area contributed by atoms with Gasteiger partial charge in [0.05, 0.1) is 0 Å². The molecule has 0 amide bonds. The Kier molecular flexibility index (Phi) is 4.33. The summed E-state index contributed by atoms with van der Waals surface area (Å²) in [5.74, 6) is 0.447. The summed E-state index contributed by atoms with van der Waals surface area (Å²) >= 11 is 0. The summed E-state index contributed by atoms with van der Waals surface area (Å²) in [7, 11) is -1.67. The Bertz CT molecular complexity index is 398. The lowest BCUT2D eigenvalue weighted by Gasteiger charge is -2.17. The van der Waals surface area contributed by atoms with E-state index >= 15 is 0 Å². The van der Waals surface area contributed by atoms with E-state index in [1.807, 2.05) is 36.4 Å². The summed E-state index contributed by atoms with van der Waals surface area (Å²) in [5, 5.41) is 8.95. The van der Waals surface area contributed by atoms with Gasteiger partial charge in [0.25, 0.3) is 0 Å². The molecule has 1 rings (SSSR count). The first-order chi connectivity index (χ1) is 7.51. The van der Waals surface area contributed by atoms with Crippen LogP contribution in [-0.2, 0) is 10.8 Å². The Balaban J connectivity index is 2.65. The van der Waals surface area contributed by atoms with Crippen molar-refractivity contribution in [2.45, 2.75) is 26.1 Å². The minimum atomic E-state index is -1.67. The lowest BCUT2D eigenvalue weighted by molar-refractivity contribution is 0.443. The molecule has 0 aliphatic rings. The molecule has 0 spiro atoms. The first-order valence-corrected chi connectivity index (χ1v) is 8.75. The van der Waals surface area contributed by atoms with Crippen LogP contribution in [0.3, 0.4) is 0 Å². The Morgan fingerprint density at radius 3 is 2.44 bits per heavy atom. The van der Waals surface area contributed by atoms with Crippen LogP contribution in [0.4, 0.5) is 0 Å². The molecule has 0 saturated heterocycles. The van der Waals surface area contributed by atoms with E-state index in [1.54, 1.807) is 0 Å². The average molecular weight is 231 g/mol. The van der Waals surface area contributed by atoms with Crippen molar-refractivity contribution < 1.29 is 4.43 Å². The molecule has 0 aromatic heterocycles. The fraction of sp³-hybridized carbons (Fsp3) is 0.308. The number of hydrogen-bond acceptors (Lipinski definition) is 2. The van der Waals surface area contributed by atoms with Crippen LogP contribution < -0.4 is 0 Å². The minimum absolute atomic E-state index is 0.447. The summed E-state index contributed by atoms with van der Waals surface area (Å²) < 4.78 is 5.65. The minimum Gasteiger partial charge on any atom is -0.537 e. The largest absolute Gasteiger partial charge is 0.537 e. The lowest BCUT2D eigenvalue weighted by Crippen LogP contribution is -2.24. The molecular weight excluding hydrogens is 214 g/mol. The molecule has 0 N–H and O–H groups in total. The molecule has 3 heteroatoms. The van der Waals surface area contributed by atoms with Crippen LogP contribution in [0.5, 0.6) is 0 Å². The van der Waals surface area contributed by atoms with Gasteiger partial charge in [-0.2, -0.15) is 5.26 Å². The monoisotopic (exact) mass is 231 g/mol. The summed E-state index contributed by atoms with van der Waals surface area (Å²) in [5.41, 5.74) is 1.19. The first-order valence-electron chi connectivity index (χ1n) is 5.34. The second-order valence-electron chi connectivity index (χ2n) is 4.58. The Hall–Kier alpha value is -1.53. The van der Waals surface area contributed by atoms with Crippen LogP contribution in [0.25, 0.3) is 0 Å². The normalized spacial score (nSPS) is 12.0. The summed E-state index contributed by atoms with van der Waals surface area (Å²) in [6.45, 7) is 6.21. The van der Waals surface area contributed by atoms with E-state index < -0.39 is 8.32 Å². The molecule has 2 nitrogen and oxygen atoms in total. The Labute approximate surface area is 98.3 Å². The maximum absolute atomic E-state index is 8.95. The zero-order valence-electron chi connectivity index (χ0n) is 10.0. The SMILES string of the molecule is C[Si](C)(C)O/C(C#N)=C\Cc1ccccc1. The van der Waals surface area contributed by atoms with E-state index in [4.69, 9.17) is 9.69 Å². The van der Waals surface area contributed by atoms with Crippen LogP contribution >= 0.6 is 0 Å². The molecule has 0 atom stereocenters. The van der Waals surface area contributed by atoms with Crippen molar-refractivity contribution in [1.29, 1.82) is 5.26 Å². The highest BCUT2D eigenvalue weighted by Gasteiger charge is 2.17. The topological polar surface area (TPSA) is 33.0 Å². The van der Waals surface area contributed by atoms with Crippen LogP contribution in [0.1, 0.15) is 5.56 Å². The van der Waals surface area contributed by atoms with Crippen molar-refractivity contribution in [2.24, 2.45) is 0 Å². The van der Waals surface area contributed by atoms with E-state index in [1.165, 1.54) is 5.56 Å². The van der Waals surface area contributed by atoms with Gasteiger partial charge in [-0.1, -0.05) is 30.3 Å².